The van der Waals surface area contributed by atoms with Crippen molar-refractivity contribution >= 4 is 23.3 Å². The average molecular weight is 745 g/mol. The Morgan fingerprint density at radius 2 is 1.17 bits per heavy atom. The Labute approximate surface area is 320 Å². The molecule has 2 aliphatic rings. The molecule has 0 aliphatic carbocycles. The van der Waals surface area contributed by atoms with Gasteiger partial charge in [0.1, 0.15) is 12.6 Å². The Morgan fingerprint density at radius 3 is 1.72 bits per heavy atom. The Kier molecular flexibility index (Phi) is 21.8. The molecule has 11 heteroatoms. The van der Waals surface area contributed by atoms with Gasteiger partial charge in [0.05, 0.1) is 69.2 Å². The van der Waals surface area contributed by atoms with Crippen molar-refractivity contribution in [2.24, 2.45) is 9.98 Å². The predicted molar refractivity (Wildman–Crippen MR) is 213 cm³/mol. The van der Waals surface area contributed by atoms with Crippen LogP contribution in [0.2, 0.25) is 0 Å². The van der Waals surface area contributed by atoms with Gasteiger partial charge in [-0.15, -0.1) is 0 Å². The van der Waals surface area contributed by atoms with Crippen molar-refractivity contribution < 1.29 is 34.0 Å². The fourth-order valence-corrected chi connectivity index (χ4v) is 6.58. The van der Waals surface area contributed by atoms with Crippen molar-refractivity contribution in [3.05, 3.63) is 29.8 Å². The highest BCUT2D eigenvalue weighted by molar-refractivity contribution is 6.18. The average Bonchev–Trinajstić information content (AvgIpc) is 3.15. The minimum absolute atomic E-state index is 0.0231. The van der Waals surface area contributed by atoms with Gasteiger partial charge >= 0.3 is 0 Å². The fourth-order valence-electron chi connectivity index (χ4n) is 6.58. The molecular formula is C42H72N4O7. The van der Waals surface area contributed by atoms with E-state index < -0.39 is 12.2 Å². The second-order valence-electron chi connectivity index (χ2n) is 15.2. The number of aliphatic imine (C=N–C) groups is 2. The van der Waals surface area contributed by atoms with Crippen molar-refractivity contribution in [1.82, 2.24) is 10.0 Å². The summed E-state index contributed by atoms with van der Waals surface area (Å²) in [5, 5.41) is 24.3. The van der Waals surface area contributed by atoms with Crippen LogP contribution in [0.3, 0.4) is 0 Å². The van der Waals surface area contributed by atoms with E-state index in [1.54, 1.807) is 16.9 Å². The Bertz CT molecular complexity index is 1230. The third-order valence-corrected chi connectivity index (χ3v) is 9.72. The van der Waals surface area contributed by atoms with Gasteiger partial charge in [-0.05, 0) is 53.2 Å². The fraction of sp³-hybridized carbons (Fsp3) is 0.786. The zero-order chi connectivity index (χ0) is 38.4. The quantitative estimate of drug-likeness (QED) is 0.0766. The lowest BCUT2D eigenvalue weighted by Gasteiger charge is -2.43. The van der Waals surface area contributed by atoms with Crippen LogP contribution >= 0.6 is 0 Å². The first-order chi connectivity index (χ1) is 25.6. The molecule has 0 radical (unpaired) electrons. The van der Waals surface area contributed by atoms with E-state index in [1.807, 2.05) is 52.0 Å². The lowest BCUT2D eigenvalue weighted by atomic mass is 10.0. The van der Waals surface area contributed by atoms with E-state index in [0.717, 1.165) is 24.1 Å². The highest BCUT2D eigenvalue weighted by Gasteiger charge is 2.39. The smallest absolute Gasteiger partial charge is 0.263 e. The second-order valence-corrected chi connectivity index (χ2v) is 15.2. The number of amidine groups is 2. The van der Waals surface area contributed by atoms with E-state index >= 15 is 0 Å². The number of ether oxygens (including phenoxy) is 4. The number of hydrogen-bond donors (Lipinski definition) is 2. The minimum atomic E-state index is -0.832. The highest BCUT2D eigenvalue weighted by Crippen LogP contribution is 2.31. The number of fused-ring (bicyclic) bond motifs is 3. The minimum Gasteiger partial charge on any atom is -0.391 e. The van der Waals surface area contributed by atoms with Gasteiger partial charge in [0.25, 0.3) is 5.91 Å². The van der Waals surface area contributed by atoms with Gasteiger partial charge in [-0.25, -0.2) is 15.0 Å². The van der Waals surface area contributed by atoms with Crippen LogP contribution in [-0.4, -0.2) is 114 Å². The van der Waals surface area contributed by atoms with Gasteiger partial charge in [0.2, 0.25) is 0 Å². The van der Waals surface area contributed by atoms with E-state index in [2.05, 4.69) is 11.9 Å². The maximum atomic E-state index is 13.4. The topological polar surface area (TPSA) is 126 Å². The summed E-state index contributed by atoms with van der Waals surface area (Å²) in [7, 11) is 0. The summed E-state index contributed by atoms with van der Waals surface area (Å²) in [5.74, 6) is 0.907. The first kappa shape index (κ1) is 45.0. The van der Waals surface area contributed by atoms with Crippen LogP contribution in [0.4, 0.5) is 5.69 Å². The van der Waals surface area contributed by atoms with Crippen molar-refractivity contribution in [3.63, 3.8) is 0 Å². The van der Waals surface area contributed by atoms with E-state index in [-0.39, 0.29) is 50.0 Å². The standard InChI is InChI=1S/C42H72N4O7/c1-7-8-9-10-11-12-13-14-15-16-17-18-19-20-25-39(48)42-44-38-24-22-21-23-37(38)41-43-26-40(49)45(46(41)42)27-33(3)51-29-35(5)53-31-36(6)52-30-34(4)50-28-32(2)47/h21-24,32-36,39,47-48H,7-20,25-31H2,1-6H3. The van der Waals surface area contributed by atoms with Crippen LogP contribution in [0.1, 0.15) is 143 Å². The molecule has 1 aromatic carbocycles. The molecule has 2 aliphatic heterocycles. The number of benzene rings is 1. The molecule has 0 aromatic heterocycles. The number of hydrogen-bond acceptors (Lipinski definition) is 10. The van der Waals surface area contributed by atoms with Crippen LogP contribution in [0, 0.1) is 0 Å². The molecule has 53 heavy (non-hydrogen) atoms. The lowest BCUT2D eigenvalue weighted by Crippen LogP contribution is -2.61. The molecule has 11 nitrogen and oxygen atoms in total. The highest BCUT2D eigenvalue weighted by atomic mass is 16.6. The predicted octanol–water partition coefficient (Wildman–Crippen LogP) is 7.77. The maximum Gasteiger partial charge on any atom is 0.263 e. The number of hydrazine groups is 1. The number of carbonyl (C=O) groups excluding carboxylic acids is 1. The Hall–Kier alpha value is -2.41. The van der Waals surface area contributed by atoms with Gasteiger partial charge in [-0.1, -0.05) is 109 Å². The molecule has 6 unspecified atom stereocenters. The lowest BCUT2D eigenvalue weighted by molar-refractivity contribution is -0.142. The summed E-state index contributed by atoms with van der Waals surface area (Å²) in [6.45, 7) is 13.4. The molecule has 0 spiro atoms. The van der Waals surface area contributed by atoms with Gasteiger partial charge in [0, 0.05) is 5.56 Å². The maximum absolute atomic E-state index is 13.4. The van der Waals surface area contributed by atoms with E-state index in [1.165, 1.54) is 77.0 Å². The molecule has 2 N–H and O–H groups in total. The Balaban J connectivity index is 1.45. The van der Waals surface area contributed by atoms with Crippen molar-refractivity contribution in [2.45, 2.75) is 174 Å². The number of para-hydroxylation sites is 1. The number of nitrogens with zero attached hydrogens (tertiary/aromatic N) is 4. The summed E-state index contributed by atoms with van der Waals surface area (Å²) >= 11 is 0. The third kappa shape index (κ3) is 16.9. The number of amides is 1. The Morgan fingerprint density at radius 1 is 0.679 bits per heavy atom. The summed E-state index contributed by atoms with van der Waals surface area (Å²) in [6.07, 6.45) is 16.4. The molecule has 3 rings (SSSR count). The molecule has 2 heterocycles. The number of rotatable bonds is 30. The largest absolute Gasteiger partial charge is 0.391 e. The molecule has 0 saturated heterocycles. The molecule has 0 bridgehead atoms. The van der Waals surface area contributed by atoms with Gasteiger partial charge in [0.15, 0.2) is 11.7 Å². The monoisotopic (exact) mass is 745 g/mol. The normalized spacial score (nSPS) is 17.8. The molecular weight excluding hydrogens is 672 g/mol. The molecule has 302 valence electrons. The zero-order valence-corrected chi connectivity index (χ0v) is 33.8. The van der Waals surface area contributed by atoms with Gasteiger partial charge in [-0.3, -0.25) is 9.79 Å². The van der Waals surface area contributed by atoms with Crippen LogP contribution < -0.4 is 0 Å². The van der Waals surface area contributed by atoms with Crippen LogP contribution in [0.15, 0.2) is 34.3 Å². The van der Waals surface area contributed by atoms with Crippen molar-refractivity contribution in [2.75, 3.05) is 39.5 Å². The summed E-state index contributed by atoms with van der Waals surface area (Å²) in [6, 6.07) is 7.77. The van der Waals surface area contributed by atoms with E-state index in [9.17, 15) is 15.0 Å². The first-order valence-corrected chi connectivity index (χ1v) is 20.8. The molecule has 0 fully saturated rings. The molecule has 0 saturated carbocycles. The van der Waals surface area contributed by atoms with Crippen LogP contribution in [-0.2, 0) is 23.7 Å². The zero-order valence-electron chi connectivity index (χ0n) is 33.8. The van der Waals surface area contributed by atoms with Gasteiger partial charge in [-0.2, -0.15) is 0 Å². The van der Waals surface area contributed by atoms with E-state index in [0.29, 0.717) is 37.9 Å². The van der Waals surface area contributed by atoms with Crippen LogP contribution in [0.5, 0.6) is 0 Å². The number of aliphatic hydroxyl groups excluding tert-OH is 2. The third-order valence-electron chi connectivity index (χ3n) is 9.72. The van der Waals surface area contributed by atoms with Gasteiger partial charge < -0.3 is 29.2 Å². The first-order valence-electron chi connectivity index (χ1n) is 20.8. The molecule has 6 atom stereocenters. The molecule has 1 amide bonds. The number of unbranched alkanes of at least 4 members (excludes halogenated alkanes) is 13. The van der Waals surface area contributed by atoms with Crippen molar-refractivity contribution in [1.29, 1.82) is 0 Å². The number of aliphatic hydroxyl groups is 2. The second kappa shape index (κ2) is 25.6. The van der Waals surface area contributed by atoms with Crippen LogP contribution in [0.25, 0.3) is 0 Å². The summed E-state index contributed by atoms with van der Waals surface area (Å²) in [5.41, 5.74) is 1.59. The van der Waals surface area contributed by atoms with Crippen molar-refractivity contribution in [3.8, 4) is 0 Å². The molecule has 1 aromatic rings. The summed E-state index contributed by atoms with van der Waals surface area (Å²) in [4.78, 5) is 22.9. The SMILES string of the molecule is CCCCCCCCCCCCCCCCC(O)C1=Nc2ccccc2C2=NCC(=O)N(CC(C)OCC(C)OCC(C)OCC(C)OCC(C)O)N21. The number of carbonyl (C=O) groups is 1. The summed E-state index contributed by atoms with van der Waals surface area (Å²) < 4.78 is 23.5. The van der Waals surface area contributed by atoms with E-state index in [4.69, 9.17) is 23.9 Å².